The Hall–Kier alpha value is -1.88. The van der Waals surface area contributed by atoms with Crippen molar-refractivity contribution in [1.82, 2.24) is 10.1 Å². The Kier molecular flexibility index (Phi) is 3.69. The van der Waals surface area contributed by atoms with Crippen LogP contribution in [0.2, 0.25) is 0 Å². The van der Waals surface area contributed by atoms with Crippen LogP contribution in [0.4, 0.5) is 5.69 Å². The number of rotatable bonds is 3. The lowest BCUT2D eigenvalue weighted by Crippen LogP contribution is -2.29. The van der Waals surface area contributed by atoms with E-state index in [0.717, 1.165) is 18.7 Å². The number of anilines is 1. The maximum atomic E-state index is 5.55. The molecule has 1 aliphatic heterocycles. The van der Waals surface area contributed by atoms with E-state index >= 15 is 0 Å². The molecule has 0 bridgehead atoms. The van der Waals surface area contributed by atoms with Gasteiger partial charge in [0.2, 0.25) is 11.7 Å². The molecule has 0 saturated carbocycles. The van der Waals surface area contributed by atoms with Gasteiger partial charge in [-0.2, -0.15) is 4.98 Å². The molecule has 1 fully saturated rings. The second kappa shape index (κ2) is 5.63. The molecule has 5 nitrogen and oxygen atoms in total. The molecule has 0 amide bonds. The third-order valence-electron chi connectivity index (χ3n) is 3.73. The summed E-state index contributed by atoms with van der Waals surface area (Å²) in [6.07, 6.45) is 3.80. The van der Waals surface area contributed by atoms with Crippen LogP contribution in [0.25, 0.3) is 11.4 Å². The summed E-state index contributed by atoms with van der Waals surface area (Å²) in [5, 5.41) is 4.06. The molecular weight excluding hydrogens is 252 g/mol. The fourth-order valence-electron chi connectivity index (χ4n) is 2.69. The van der Waals surface area contributed by atoms with Crippen molar-refractivity contribution in [3.05, 3.63) is 29.7 Å². The summed E-state index contributed by atoms with van der Waals surface area (Å²) in [5.41, 5.74) is 8.97. The van der Waals surface area contributed by atoms with Crippen LogP contribution >= 0.6 is 0 Å². The van der Waals surface area contributed by atoms with E-state index in [1.54, 1.807) is 0 Å². The average Bonchev–Trinajstić information content (AvgIpc) is 2.97. The first kappa shape index (κ1) is 13.1. The molecule has 1 aromatic carbocycles. The Bertz CT molecular complexity index is 587. The lowest BCUT2D eigenvalue weighted by molar-refractivity contribution is 0.380. The zero-order chi connectivity index (χ0) is 13.9. The van der Waals surface area contributed by atoms with Crippen LogP contribution in [0.3, 0.4) is 0 Å². The van der Waals surface area contributed by atoms with E-state index in [1.165, 1.54) is 30.5 Å². The van der Waals surface area contributed by atoms with Crippen molar-refractivity contribution in [2.45, 2.75) is 32.7 Å². The van der Waals surface area contributed by atoms with E-state index in [0.29, 0.717) is 11.7 Å². The highest BCUT2D eigenvalue weighted by molar-refractivity contribution is 5.75. The van der Waals surface area contributed by atoms with Gasteiger partial charge in [0.05, 0.1) is 6.54 Å². The molecule has 0 atom stereocenters. The normalized spacial score (nSPS) is 15.6. The van der Waals surface area contributed by atoms with Gasteiger partial charge in [0.15, 0.2) is 0 Å². The Morgan fingerprint density at radius 2 is 2.05 bits per heavy atom. The van der Waals surface area contributed by atoms with Crippen LogP contribution in [0.5, 0.6) is 0 Å². The molecular formula is C15H20N4O. The molecule has 5 heteroatoms. The van der Waals surface area contributed by atoms with Gasteiger partial charge in [-0.1, -0.05) is 16.8 Å². The van der Waals surface area contributed by atoms with Crippen molar-refractivity contribution < 1.29 is 4.52 Å². The van der Waals surface area contributed by atoms with Crippen LogP contribution in [0, 0.1) is 6.92 Å². The third kappa shape index (κ3) is 2.54. The molecule has 0 radical (unpaired) electrons. The summed E-state index contributed by atoms with van der Waals surface area (Å²) in [6.45, 7) is 4.54. The van der Waals surface area contributed by atoms with Gasteiger partial charge >= 0.3 is 0 Å². The molecule has 1 aliphatic rings. The van der Waals surface area contributed by atoms with Crippen LogP contribution in [0.15, 0.2) is 22.7 Å². The van der Waals surface area contributed by atoms with E-state index in [4.69, 9.17) is 10.3 Å². The minimum absolute atomic E-state index is 0.276. The zero-order valence-electron chi connectivity index (χ0n) is 11.8. The minimum Gasteiger partial charge on any atom is -0.371 e. The van der Waals surface area contributed by atoms with Gasteiger partial charge in [0.1, 0.15) is 0 Å². The number of aryl methyl sites for hydroxylation is 1. The average molecular weight is 272 g/mol. The van der Waals surface area contributed by atoms with Crippen LogP contribution in [-0.2, 0) is 6.54 Å². The van der Waals surface area contributed by atoms with Gasteiger partial charge in [-0.15, -0.1) is 0 Å². The number of nitrogens with two attached hydrogens (primary N) is 1. The van der Waals surface area contributed by atoms with Crippen molar-refractivity contribution in [3.63, 3.8) is 0 Å². The van der Waals surface area contributed by atoms with Crippen LogP contribution in [-0.4, -0.2) is 23.2 Å². The fraction of sp³-hybridized carbons (Fsp3) is 0.467. The summed E-state index contributed by atoms with van der Waals surface area (Å²) in [6, 6.07) is 6.42. The zero-order valence-corrected chi connectivity index (χ0v) is 11.8. The van der Waals surface area contributed by atoms with Gasteiger partial charge in [0.25, 0.3) is 0 Å². The Labute approximate surface area is 118 Å². The summed E-state index contributed by atoms with van der Waals surface area (Å²) in [5.74, 6) is 1.11. The van der Waals surface area contributed by atoms with Crippen LogP contribution < -0.4 is 10.6 Å². The largest absolute Gasteiger partial charge is 0.371 e. The van der Waals surface area contributed by atoms with Gasteiger partial charge in [-0.3, -0.25) is 0 Å². The van der Waals surface area contributed by atoms with Crippen molar-refractivity contribution in [3.8, 4) is 11.4 Å². The Morgan fingerprint density at radius 3 is 2.75 bits per heavy atom. The number of benzene rings is 1. The highest BCUT2D eigenvalue weighted by Crippen LogP contribution is 2.31. The second-order valence-electron chi connectivity index (χ2n) is 5.28. The molecule has 106 valence electrons. The molecule has 3 rings (SSSR count). The Morgan fingerprint density at radius 1 is 1.25 bits per heavy atom. The number of hydrogen-bond donors (Lipinski definition) is 1. The topological polar surface area (TPSA) is 68.2 Å². The van der Waals surface area contributed by atoms with E-state index in [1.807, 2.05) is 0 Å². The SMILES string of the molecule is Cc1ccc(N2CCCCC2)c(-c2noc(CN)n2)c1. The highest BCUT2D eigenvalue weighted by Gasteiger charge is 2.18. The predicted molar refractivity (Wildman–Crippen MR) is 78.4 cm³/mol. The van der Waals surface area contributed by atoms with Crippen molar-refractivity contribution in [2.24, 2.45) is 5.73 Å². The standard InChI is InChI=1S/C15H20N4O/c1-11-5-6-13(19-7-3-2-4-8-19)12(9-11)15-17-14(10-16)20-18-15/h5-6,9H,2-4,7-8,10,16H2,1H3. The number of piperidine rings is 1. The molecule has 20 heavy (non-hydrogen) atoms. The number of aromatic nitrogens is 2. The fourth-order valence-corrected chi connectivity index (χ4v) is 2.69. The summed E-state index contributed by atoms with van der Waals surface area (Å²) >= 11 is 0. The molecule has 0 unspecified atom stereocenters. The van der Waals surface area contributed by atoms with Gasteiger partial charge in [-0.25, -0.2) is 0 Å². The lowest BCUT2D eigenvalue weighted by Gasteiger charge is -2.30. The summed E-state index contributed by atoms with van der Waals surface area (Å²) in [4.78, 5) is 6.78. The van der Waals surface area contributed by atoms with Crippen molar-refractivity contribution in [1.29, 1.82) is 0 Å². The first-order chi connectivity index (χ1) is 9.78. The number of hydrogen-bond acceptors (Lipinski definition) is 5. The third-order valence-corrected chi connectivity index (χ3v) is 3.73. The second-order valence-corrected chi connectivity index (χ2v) is 5.28. The van der Waals surface area contributed by atoms with E-state index in [2.05, 4.69) is 40.2 Å². The number of nitrogens with zero attached hydrogens (tertiary/aromatic N) is 3. The quantitative estimate of drug-likeness (QED) is 0.929. The molecule has 0 aliphatic carbocycles. The Balaban J connectivity index is 2.01. The molecule has 1 aromatic heterocycles. The molecule has 1 saturated heterocycles. The molecule has 0 spiro atoms. The first-order valence-electron chi connectivity index (χ1n) is 7.16. The van der Waals surface area contributed by atoms with Gasteiger partial charge < -0.3 is 15.2 Å². The summed E-state index contributed by atoms with van der Waals surface area (Å²) < 4.78 is 5.15. The molecule has 2 aromatic rings. The van der Waals surface area contributed by atoms with Gasteiger partial charge in [0, 0.05) is 24.3 Å². The predicted octanol–water partition coefficient (Wildman–Crippen LogP) is 2.49. The van der Waals surface area contributed by atoms with E-state index < -0.39 is 0 Å². The lowest BCUT2D eigenvalue weighted by atomic mass is 10.0. The first-order valence-corrected chi connectivity index (χ1v) is 7.16. The van der Waals surface area contributed by atoms with E-state index in [9.17, 15) is 0 Å². The molecule has 2 N–H and O–H groups in total. The monoisotopic (exact) mass is 272 g/mol. The van der Waals surface area contributed by atoms with Crippen molar-refractivity contribution in [2.75, 3.05) is 18.0 Å². The smallest absolute Gasteiger partial charge is 0.240 e. The maximum Gasteiger partial charge on any atom is 0.240 e. The van der Waals surface area contributed by atoms with Gasteiger partial charge in [-0.05, 0) is 38.3 Å². The van der Waals surface area contributed by atoms with Crippen molar-refractivity contribution >= 4 is 5.69 Å². The summed E-state index contributed by atoms with van der Waals surface area (Å²) in [7, 11) is 0. The molecule has 2 heterocycles. The maximum absolute atomic E-state index is 5.55. The van der Waals surface area contributed by atoms with E-state index in [-0.39, 0.29) is 6.54 Å². The highest BCUT2D eigenvalue weighted by atomic mass is 16.5. The minimum atomic E-state index is 0.276. The van der Waals surface area contributed by atoms with Crippen LogP contribution in [0.1, 0.15) is 30.7 Å².